The molecule has 2 aromatic carbocycles. The van der Waals surface area contributed by atoms with E-state index >= 15 is 0 Å². The molecule has 1 aliphatic rings. The number of anilines is 1. The van der Waals surface area contributed by atoms with Gasteiger partial charge in [0, 0.05) is 57.2 Å². The summed E-state index contributed by atoms with van der Waals surface area (Å²) in [5, 5.41) is 3.88. The predicted molar refractivity (Wildman–Crippen MR) is 155 cm³/mol. The van der Waals surface area contributed by atoms with Crippen LogP contribution in [0, 0.1) is 0 Å². The molecule has 0 saturated carbocycles. The number of benzene rings is 2. The van der Waals surface area contributed by atoms with Crippen molar-refractivity contribution in [3.63, 3.8) is 0 Å². The number of halogens is 3. The van der Waals surface area contributed by atoms with E-state index in [-0.39, 0.29) is 0 Å². The van der Waals surface area contributed by atoms with E-state index in [1.165, 1.54) is 22.2 Å². The number of hydrogen-bond donors (Lipinski definition) is 1. The van der Waals surface area contributed by atoms with Crippen LogP contribution in [-0.2, 0) is 6.54 Å². The quantitative estimate of drug-likeness (QED) is 0.0939. The van der Waals surface area contributed by atoms with Crippen LogP contribution in [0.1, 0.15) is 24.1 Å². The van der Waals surface area contributed by atoms with Crippen molar-refractivity contribution in [2.24, 2.45) is 0 Å². The Morgan fingerprint density at radius 3 is 2.88 bits per heavy atom. The molecule has 9 heteroatoms. The van der Waals surface area contributed by atoms with E-state index in [1.807, 2.05) is 36.0 Å². The van der Waals surface area contributed by atoms with Crippen LogP contribution < -0.4 is 4.90 Å². The van der Waals surface area contributed by atoms with Crippen molar-refractivity contribution < 1.29 is 0 Å². The summed E-state index contributed by atoms with van der Waals surface area (Å²) in [7, 11) is 0. The number of thiazole rings is 1. The fourth-order valence-corrected chi connectivity index (χ4v) is 7.83. The van der Waals surface area contributed by atoms with E-state index in [2.05, 4.69) is 56.4 Å². The Labute approximate surface area is 226 Å². The largest absolute Gasteiger partial charge is 0.357 e. The van der Waals surface area contributed by atoms with Crippen LogP contribution in [0.2, 0.25) is 10.0 Å². The van der Waals surface area contributed by atoms with Crippen LogP contribution in [-0.4, -0.2) is 50.6 Å². The Hall–Kier alpha value is -0.710. The second-order valence-electron chi connectivity index (χ2n) is 8.30. The Morgan fingerprint density at radius 2 is 2.06 bits per heavy atom. The summed E-state index contributed by atoms with van der Waals surface area (Å²) in [5.74, 6) is 2.64. The van der Waals surface area contributed by atoms with Crippen molar-refractivity contribution in [1.29, 1.82) is 0 Å². The summed E-state index contributed by atoms with van der Waals surface area (Å²) in [4.78, 5) is 13.5. The fourth-order valence-electron chi connectivity index (χ4n) is 4.47. The van der Waals surface area contributed by atoms with Crippen LogP contribution in [0.15, 0.2) is 36.4 Å². The Morgan fingerprint density at radius 1 is 1.24 bits per heavy atom. The third-order valence-electron chi connectivity index (χ3n) is 6.18. The van der Waals surface area contributed by atoms with Gasteiger partial charge < -0.3 is 9.88 Å². The molecule has 0 bridgehead atoms. The molecule has 1 aliphatic heterocycles. The van der Waals surface area contributed by atoms with Crippen LogP contribution in [0.3, 0.4) is 0 Å². The highest BCUT2D eigenvalue weighted by Gasteiger charge is 2.30. The van der Waals surface area contributed by atoms with Gasteiger partial charge in [0.1, 0.15) is 0 Å². The molecule has 0 saturated heterocycles. The average Bonchev–Trinajstić information content (AvgIpc) is 3.39. The van der Waals surface area contributed by atoms with E-state index in [0.717, 1.165) is 67.6 Å². The summed E-state index contributed by atoms with van der Waals surface area (Å²) < 4.78 is 2.22. The molecular formula is C24H25Cl2IN4S2. The standard InChI is InChI=1S/C24H25Cl2IN4S2/c1-2-30(14-27)7-8-32-13-15-11-31(24-29-20-6-4-17(26)10-22(20)33-24)12-21-23(15)18-9-16(25)3-5-19(18)28-21/h3-6,9-10,15,28H,2,7-8,11-14H2,1H3. The lowest BCUT2D eigenvalue weighted by Gasteiger charge is -2.33. The van der Waals surface area contributed by atoms with Crippen LogP contribution in [0.25, 0.3) is 21.1 Å². The van der Waals surface area contributed by atoms with Crippen molar-refractivity contribution in [3.05, 3.63) is 57.7 Å². The zero-order chi connectivity index (χ0) is 22.9. The van der Waals surface area contributed by atoms with Gasteiger partial charge in [-0.05, 0) is 48.5 Å². The molecule has 1 atom stereocenters. The molecule has 1 unspecified atom stereocenters. The number of alkyl halides is 1. The summed E-state index contributed by atoms with van der Waals surface area (Å²) >= 11 is 18.8. The topological polar surface area (TPSA) is 35.2 Å². The maximum Gasteiger partial charge on any atom is 0.186 e. The number of H-pyrrole nitrogens is 1. The number of fused-ring (bicyclic) bond motifs is 4. The van der Waals surface area contributed by atoms with Crippen molar-refractivity contribution >= 4 is 95.1 Å². The molecule has 2 aromatic heterocycles. The molecule has 174 valence electrons. The molecule has 0 fully saturated rings. The third-order valence-corrected chi connectivity index (χ3v) is 9.80. The summed E-state index contributed by atoms with van der Waals surface area (Å²) in [5.41, 5.74) is 4.89. The molecule has 3 heterocycles. The molecule has 33 heavy (non-hydrogen) atoms. The zero-order valence-corrected chi connectivity index (χ0v) is 23.6. The second-order valence-corrected chi connectivity index (χ2v) is 12.0. The van der Waals surface area contributed by atoms with Gasteiger partial charge in [-0.25, -0.2) is 4.98 Å². The number of nitrogens with one attached hydrogen (secondary N) is 1. The normalized spacial score (nSPS) is 16.3. The molecule has 1 N–H and O–H groups in total. The number of aromatic nitrogens is 2. The minimum Gasteiger partial charge on any atom is -0.357 e. The first-order valence-electron chi connectivity index (χ1n) is 11.0. The molecular weight excluding hydrogens is 606 g/mol. The first kappa shape index (κ1) is 24.0. The molecule has 0 spiro atoms. The minimum absolute atomic E-state index is 0.413. The number of rotatable bonds is 8. The van der Waals surface area contributed by atoms with Gasteiger partial charge in [0.15, 0.2) is 5.13 Å². The maximum atomic E-state index is 6.39. The highest BCUT2D eigenvalue weighted by molar-refractivity contribution is 14.1. The van der Waals surface area contributed by atoms with Gasteiger partial charge in [-0.1, -0.05) is 64.1 Å². The number of aromatic amines is 1. The predicted octanol–water partition coefficient (Wildman–Crippen LogP) is 7.64. The number of nitrogens with zero attached hydrogens (tertiary/aromatic N) is 3. The molecule has 4 nitrogen and oxygen atoms in total. The van der Waals surface area contributed by atoms with E-state index in [0.29, 0.717) is 5.92 Å². The summed E-state index contributed by atoms with van der Waals surface area (Å²) in [6.07, 6.45) is 0. The Kier molecular flexibility index (Phi) is 7.64. The Balaban J connectivity index is 1.43. The number of thioether (sulfide) groups is 1. The molecule has 0 amide bonds. The lowest BCUT2D eigenvalue weighted by molar-refractivity contribution is 0.369. The van der Waals surface area contributed by atoms with Crippen LogP contribution in [0.4, 0.5) is 5.13 Å². The second kappa shape index (κ2) is 10.5. The van der Waals surface area contributed by atoms with Gasteiger partial charge in [-0.15, -0.1) is 0 Å². The minimum atomic E-state index is 0.413. The highest BCUT2D eigenvalue weighted by atomic mass is 127. The van der Waals surface area contributed by atoms with Crippen LogP contribution >= 0.6 is 68.9 Å². The highest BCUT2D eigenvalue weighted by Crippen LogP contribution is 2.40. The monoisotopic (exact) mass is 630 g/mol. The molecule has 5 rings (SSSR count). The van der Waals surface area contributed by atoms with Gasteiger partial charge in [-0.2, -0.15) is 11.8 Å². The van der Waals surface area contributed by atoms with Crippen molar-refractivity contribution in [3.8, 4) is 0 Å². The van der Waals surface area contributed by atoms with E-state index in [1.54, 1.807) is 11.3 Å². The van der Waals surface area contributed by atoms with Crippen molar-refractivity contribution in [2.45, 2.75) is 19.4 Å². The van der Waals surface area contributed by atoms with E-state index in [9.17, 15) is 0 Å². The zero-order valence-electron chi connectivity index (χ0n) is 18.3. The van der Waals surface area contributed by atoms with Crippen LogP contribution in [0.5, 0.6) is 0 Å². The van der Waals surface area contributed by atoms with E-state index in [4.69, 9.17) is 28.2 Å². The Bertz CT molecular complexity index is 1270. The first-order chi connectivity index (χ1) is 16.1. The average molecular weight is 631 g/mol. The molecule has 0 aliphatic carbocycles. The van der Waals surface area contributed by atoms with E-state index < -0.39 is 0 Å². The number of hydrogen-bond acceptors (Lipinski definition) is 5. The molecule has 4 aromatic rings. The maximum absolute atomic E-state index is 6.39. The van der Waals surface area contributed by atoms with Gasteiger partial charge in [0.25, 0.3) is 0 Å². The lowest BCUT2D eigenvalue weighted by atomic mass is 9.93. The fraction of sp³-hybridized carbons (Fsp3) is 0.375. The lowest BCUT2D eigenvalue weighted by Crippen LogP contribution is -2.34. The van der Waals surface area contributed by atoms with Crippen molar-refractivity contribution in [2.75, 3.05) is 40.6 Å². The smallest absolute Gasteiger partial charge is 0.186 e. The summed E-state index contributed by atoms with van der Waals surface area (Å²) in [6, 6.07) is 12.1. The van der Waals surface area contributed by atoms with Gasteiger partial charge >= 0.3 is 0 Å². The van der Waals surface area contributed by atoms with Gasteiger partial charge in [0.05, 0.1) is 21.3 Å². The summed E-state index contributed by atoms with van der Waals surface area (Å²) in [6.45, 7) is 6.25. The third kappa shape index (κ3) is 5.14. The first-order valence-corrected chi connectivity index (χ1v) is 15.3. The van der Waals surface area contributed by atoms with Gasteiger partial charge in [0.2, 0.25) is 0 Å². The van der Waals surface area contributed by atoms with Gasteiger partial charge in [-0.3, -0.25) is 4.90 Å². The SMILES string of the molecule is CCN(CI)CCSCC1CN(c2nc3ccc(Cl)cc3s2)Cc2[nH]c3ccc(Cl)cc3c21. The van der Waals surface area contributed by atoms with Crippen molar-refractivity contribution in [1.82, 2.24) is 14.9 Å². The molecule has 0 radical (unpaired) electrons.